The Morgan fingerprint density at radius 3 is 2.60 bits per heavy atom. The first-order valence-electron chi connectivity index (χ1n) is 7.54. The molecule has 0 aliphatic heterocycles. The molecule has 1 aromatic rings. The zero-order valence-electron chi connectivity index (χ0n) is 13.2. The van der Waals surface area contributed by atoms with Crippen molar-refractivity contribution in [1.82, 2.24) is 5.32 Å². The Kier molecular flexibility index (Phi) is 5.06. The first-order chi connectivity index (χ1) is 9.46. The summed E-state index contributed by atoms with van der Waals surface area (Å²) in [5, 5.41) is 3.54. The van der Waals surface area contributed by atoms with Crippen LogP contribution in [0.15, 0.2) is 18.2 Å². The Morgan fingerprint density at radius 2 is 1.95 bits per heavy atom. The Bertz CT molecular complexity index is 433. The summed E-state index contributed by atoms with van der Waals surface area (Å²) < 4.78 is 11.6. The summed E-state index contributed by atoms with van der Waals surface area (Å²) in [5.41, 5.74) is 2.33. The highest BCUT2D eigenvalue weighted by atomic mass is 16.5. The molecule has 3 heteroatoms. The van der Waals surface area contributed by atoms with Gasteiger partial charge in [-0.25, -0.2) is 0 Å². The van der Waals surface area contributed by atoms with Crippen molar-refractivity contribution in [2.75, 3.05) is 13.2 Å². The van der Waals surface area contributed by atoms with Crippen molar-refractivity contribution in [3.8, 4) is 5.75 Å². The summed E-state index contributed by atoms with van der Waals surface area (Å²) in [7, 11) is 0. The van der Waals surface area contributed by atoms with E-state index in [4.69, 9.17) is 9.47 Å². The van der Waals surface area contributed by atoms with Crippen molar-refractivity contribution in [2.45, 2.75) is 58.7 Å². The predicted molar refractivity (Wildman–Crippen MR) is 82.2 cm³/mol. The largest absolute Gasteiger partial charge is 0.491 e. The van der Waals surface area contributed by atoms with Gasteiger partial charge in [-0.05, 0) is 46.1 Å². The van der Waals surface area contributed by atoms with E-state index < -0.39 is 0 Å². The fourth-order valence-electron chi connectivity index (χ4n) is 2.09. The van der Waals surface area contributed by atoms with Crippen LogP contribution >= 0.6 is 0 Å². The number of ether oxygens (including phenoxy) is 2. The van der Waals surface area contributed by atoms with Crippen LogP contribution in [0.1, 0.15) is 44.7 Å². The molecule has 0 saturated heterocycles. The maximum atomic E-state index is 5.95. The first kappa shape index (κ1) is 15.3. The van der Waals surface area contributed by atoms with Gasteiger partial charge in [0, 0.05) is 18.2 Å². The third-order valence-electron chi connectivity index (χ3n) is 3.32. The third-order valence-corrected chi connectivity index (χ3v) is 3.32. The molecule has 0 heterocycles. The summed E-state index contributed by atoms with van der Waals surface area (Å²) in [5.74, 6) is 1.01. The molecule has 1 aromatic carbocycles. The zero-order chi connectivity index (χ0) is 14.6. The molecule has 0 unspecified atom stereocenters. The van der Waals surface area contributed by atoms with E-state index in [0.29, 0.717) is 19.3 Å². The van der Waals surface area contributed by atoms with E-state index >= 15 is 0 Å². The number of nitrogens with one attached hydrogen (secondary N) is 1. The highest BCUT2D eigenvalue weighted by Crippen LogP contribution is 2.25. The van der Waals surface area contributed by atoms with Crippen LogP contribution in [0.25, 0.3) is 0 Å². The normalized spacial score (nSPS) is 15.4. The lowest BCUT2D eigenvalue weighted by atomic mass is 10.1. The van der Waals surface area contributed by atoms with Crippen molar-refractivity contribution in [3.05, 3.63) is 29.3 Å². The van der Waals surface area contributed by atoms with Gasteiger partial charge in [-0.3, -0.25) is 0 Å². The van der Waals surface area contributed by atoms with Crippen molar-refractivity contribution in [2.24, 2.45) is 0 Å². The smallest absolute Gasteiger partial charge is 0.126 e. The molecule has 2 rings (SSSR count). The van der Waals surface area contributed by atoms with Gasteiger partial charge in [0.2, 0.25) is 0 Å². The lowest BCUT2D eigenvalue weighted by Gasteiger charge is -2.20. The van der Waals surface area contributed by atoms with E-state index in [1.807, 2.05) is 0 Å². The maximum absolute atomic E-state index is 5.95. The molecule has 3 nitrogen and oxygen atoms in total. The Hall–Kier alpha value is -1.06. The molecule has 0 atom stereocenters. The lowest BCUT2D eigenvalue weighted by molar-refractivity contribution is -0.0164. The number of aryl methyl sites for hydroxylation is 1. The van der Waals surface area contributed by atoms with Crippen LogP contribution in [0.3, 0.4) is 0 Å². The van der Waals surface area contributed by atoms with Crippen LogP contribution in [-0.2, 0) is 11.3 Å². The lowest BCUT2D eigenvalue weighted by Crippen LogP contribution is -2.23. The second-order valence-electron chi connectivity index (χ2n) is 6.53. The predicted octanol–water partition coefficient (Wildman–Crippen LogP) is 3.44. The van der Waals surface area contributed by atoms with Gasteiger partial charge in [0.15, 0.2) is 0 Å². The number of hydrogen-bond acceptors (Lipinski definition) is 3. The van der Waals surface area contributed by atoms with E-state index in [2.05, 4.69) is 51.2 Å². The topological polar surface area (TPSA) is 30.5 Å². The van der Waals surface area contributed by atoms with Gasteiger partial charge in [0.25, 0.3) is 0 Å². The van der Waals surface area contributed by atoms with Gasteiger partial charge in [0.05, 0.1) is 12.2 Å². The summed E-state index contributed by atoms with van der Waals surface area (Å²) >= 11 is 0. The zero-order valence-corrected chi connectivity index (χ0v) is 13.2. The number of rotatable bonds is 7. The van der Waals surface area contributed by atoms with Gasteiger partial charge >= 0.3 is 0 Å². The highest BCUT2D eigenvalue weighted by molar-refractivity contribution is 5.40. The minimum Gasteiger partial charge on any atom is -0.491 e. The molecular weight excluding hydrogens is 250 g/mol. The monoisotopic (exact) mass is 277 g/mol. The fourth-order valence-corrected chi connectivity index (χ4v) is 2.09. The average Bonchev–Trinajstić information content (AvgIpc) is 3.17. The van der Waals surface area contributed by atoms with Gasteiger partial charge < -0.3 is 14.8 Å². The van der Waals surface area contributed by atoms with Crippen molar-refractivity contribution < 1.29 is 9.47 Å². The Balaban J connectivity index is 1.87. The molecule has 20 heavy (non-hydrogen) atoms. The van der Waals surface area contributed by atoms with E-state index in [1.165, 1.54) is 24.0 Å². The molecule has 0 bridgehead atoms. The first-order valence-corrected chi connectivity index (χ1v) is 7.54. The van der Waals surface area contributed by atoms with Gasteiger partial charge in [0.1, 0.15) is 12.4 Å². The molecule has 0 amide bonds. The summed E-state index contributed by atoms with van der Waals surface area (Å²) in [6, 6.07) is 7.05. The molecule has 112 valence electrons. The van der Waals surface area contributed by atoms with E-state index in [9.17, 15) is 0 Å². The van der Waals surface area contributed by atoms with Crippen molar-refractivity contribution >= 4 is 0 Å². The van der Waals surface area contributed by atoms with Gasteiger partial charge in [-0.2, -0.15) is 0 Å². The molecule has 0 radical (unpaired) electrons. The molecule has 0 aromatic heterocycles. The number of para-hydroxylation sites is 1. The second-order valence-corrected chi connectivity index (χ2v) is 6.53. The molecule has 1 aliphatic carbocycles. The molecule has 1 aliphatic rings. The molecule has 0 spiro atoms. The van der Waals surface area contributed by atoms with Crippen LogP contribution in [-0.4, -0.2) is 24.9 Å². The van der Waals surface area contributed by atoms with Crippen molar-refractivity contribution in [1.29, 1.82) is 0 Å². The number of hydrogen-bond donors (Lipinski definition) is 1. The van der Waals surface area contributed by atoms with E-state index in [1.54, 1.807) is 0 Å². The van der Waals surface area contributed by atoms with Crippen molar-refractivity contribution in [3.63, 3.8) is 0 Å². The van der Waals surface area contributed by atoms with Crippen LogP contribution < -0.4 is 10.1 Å². The van der Waals surface area contributed by atoms with Crippen LogP contribution in [0.2, 0.25) is 0 Å². The fraction of sp³-hybridized carbons (Fsp3) is 0.647. The number of benzene rings is 1. The Morgan fingerprint density at radius 1 is 1.20 bits per heavy atom. The average molecular weight is 277 g/mol. The minimum atomic E-state index is -0.106. The third kappa shape index (κ3) is 5.14. The molecular formula is C17H27NO2. The van der Waals surface area contributed by atoms with E-state index in [0.717, 1.165) is 12.3 Å². The van der Waals surface area contributed by atoms with Crippen LogP contribution in [0, 0.1) is 6.92 Å². The summed E-state index contributed by atoms with van der Waals surface area (Å²) in [6.45, 7) is 10.4. The van der Waals surface area contributed by atoms with E-state index in [-0.39, 0.29) is 5.60 Å². The molecule has 1 N–H and O–H groups in total. The highest BCUT2D eigenvalue weighted by Gasteiger charge is 2.20. The van der Waals surface area contributed by atoms with Gasteiger partial charge in [-0.15, -0.1) is 0 Å². The van der Waals surface area contributed by atoms with Crippen LogP contribution in [0.5, 0.6) is 5.75 Å². The molecule has 1 fully saturated rings. The summed E-state index contributed by atoms with van der Waals surface area (Å²) in [6.07, 6.45) is 2.61. The van der Waals surface area contributed by atoms with Gasteiger partial charge in [-0.1, -0.05) is 18.2 Å². The standard InChI is InChI=1S/C17H27NO2/c1-13-6-5-7-14(12-18-15-8-9-15)16(13)19-10-11-20-17(2,3)4/h5-7,15,18H,8-12H2,1-4H3. The second kappa shape index (κ2) is 6.59. The minimum absolute atomic E-state index is 0.106. The Labute approximate surface area is 122 Å². The quantitative estimate of drug-likeness (QED) is 0.774. The van der Waals surface area contributed by atoms with Crippen LogP contribution in [0.4, 0.5) is 0 Å². The summed E-state index contributed by atoms with van der Waals surface area (Å²) in [4.78, 5) is 0. The SMILES string of the molecule is Cc1cccc(CNC2CC2)c1OCCOC(C)(C)C. The molecule has 1 saturated carbocycles. The maximum Gasteiger partial charge on any atom is 0.126 e.